The fourth-order valence-corrected chi connectivity index (χ4v) is 0. The first kappa shape index (κ1) is 8.83. The molecular formula is NNiO3+. The Hall–Kier alpha value is -0.306. The molecule has 0 aromatic carbocycles. The number of hydrogen-bond donors (Lipinski definition) is 0. The third-order valence-corrected chi connectivity index (χ3v) is 0. The largest absolute Gasteiger partial charge is 2.00 e. The fourth-order valence-electron chi connectivity index (χ4n) is 0. The maximum atomic E-state index is 8.25. The summed E-state index contributed by atoms with van der Waals surface area (Å²) in [7, 11) is 0. The van der Waals surface area contributed by atoms with Crippen molar-refractivity contribution in [3.8, 4) is 0 Å². The van der Waals surface area contributed by atoms with E-state index in [2.05, 4.69) is 0 Å². The molecule has 0 aliphatic heterocycles. The van der Waals surface area contributed by atoms with Crippen LogP contribution in [0.4, 0.5) is 0 Å². The zero-order chi connectivity index (χ0) is 3.58. The van der Waals surface area contributed by atoms with Gasteiger partial charge in [0.2, 0.25) is 0 Å². The van der Waals surface area contributed by atoms with Crippen molar-refractivity contribution in [3.05, 3.63) is 15.3 Å². The van der Waals surface area contributed by atoms with Gasteiger partial charge in [0.05, 0.1) is 5.09 Å². The van der Waals surface area contributed by atoms with Gasteiger partial charge in [-0.2, -0.15) is 0 Å². The molecule has 0 aromatic rings. The average molecular weight is 121 g/mol. The average Bonchev–Trinajstić information content (AvgIpc) is 0.811. The van der Waals surface area contributed by atoms with E-state index in [0.717, 1.165) is 0 Å². The van der Waals surface area contributed by atoms with Crippen LogP contribution < -0.4 is 0 Å². The molecule has 0 rings (SSSR count). The third-order valence-electron chi connectivity index (χ3n) is 0. The second-order valence-corrected chi connectivity index (χ2v) is 0.224. The topological polar surface area (TPSA) is 66.2 Å². The number of rotatable bonds is 0. The van der Waals surface area contributed by atoms with Gasteiger partial charge >= 0.3 is 16.5 Å². The van der Waals surface area contributed by atoms with Crippen molar-refractivity contribution in [3.63, 3.8) is 0 Å². The molecule has 0 unspecified atom stereocenters. The minimum absolute atomic E-state index is 0. The molecule has 0 aliphatic rings. The Labute approximate surface area is 37.8 Å². The molecule has 0 saturated carbocycles. The standard InChI is InChI=1S/NO3.Ni/c2-1(3)4;/q-1;+2. The molecule has 0 atom stereocenters. The first-order valence-electron chi connectivity index (χ1n) is 0.548. The Bertz CT molecular complexity index is 29.9. The first-order valence-corrected chi connectivity index (χ1v) is 0.548. The summed E-state index contributed by atoms with van der Waals surface area (Å²) in [6, 6.07) is 0. The molecule has 0 saturated heterocycles. The van der Waals surface area contributed by atoms with E-state index in [1.54, 1.807) is 0 Å². The van der Waals surface area contributed by atoms with Crippen LogP contribution in [0.2, 0.25) is 0 Å². The van der Waals surface area contributed by atoms with E-state index in [0.29, 0.717) is 0 Å². The molecule has 5 heteroatoms. The minimum Gasteiger partial charge on any atom is -0.356 e. The van der Waals surface area contributed by atoms with Crippen molar-refractivity contribution in [2.45, 2.75) is 0 Å². The second-order valence-electron chi connectivity index (χ2n) is 0.224. The molecule has 0 bridgehead atoms. The molecule has 0 heterocycles. The Morgan fingerprint density at radius 1 is 1.40 bits per heavy atom. The van der Waals surface area contributed by atoms with E-state index in [9.17, 15) is 0 Å². The van der Waals surface area contributed by atoms with Gasteiger partial charge in [-0.05, 0) is 0 Å². The van der Waals surface area contributed by atoms with E-state index in [1.165, 1.54) is 0 Å². The monoisotopic (exact) mass is 120 g/mol. The van der Waals surface area contributed by atoms with Crippen molar-refractivity contribution in [2.75, 3.05) is 0 Å². The van der Waals surface area contributed by atoms with Crippen LogP contribution in [0.1, 0.15) is 0 Å². The van der Waals surface area contributed by atoms with E-state index in [4.69, 9.17) is 15.3 Å². The maximum Gasteiger partial charge on any atom is 2.00 e. The summed E-state index contributed by atoms with van der Waals surface area (Å²) in [6.45, 7) is 0. The zero-order valence-corrected chi connectivity index (χ0v) is 2.98. The van der Waals surface area contributed by atoms with Crippen molar-refractivity contribution >= 4 is 0 Å². The van der Waals surface area contributed by atoms with Gasteiger partial charge in [-0.1, -0.05) is 0 Å². The molecule has 0 radical (unpaired) electrons. The van der Waals surface area contributed by atoms with E-state index < -0.39 is 5.09 Å². The quantitative estimate of drug-likeness (QED) is 0.252. The predicted octanol–water partition coefficient (Wildman–Crippen LogP) is -0.242. The summed E-state index contributed by atoms with van der Waals surface area (Å²) in [6.07, 6.45) is 0. The summed E-state index contributed by atoms with van der Waals surface area (Å²) in [5, 5.41) is 14.8. The van der Waals surface area contributed by atoms with Crippen LogP contribution in [0.5, 0.6) is 0 Å². The summed E-state index contributed by atoms with van der Waals surface area (Å²) >= 11 is 0. The normalized spacial score (nSPS) is 4.80. The maximum absolute atomic E-state index is 8.25. The van der Waals surface area contributed by atoms with Crippen LogP contribution >= 0.6 is 0 Å². The molecule has 0 aromatic heterocycles. The molecule has 5 heavy (non-hydrogen) atoms. The van der Waals surface area contributed by atoms with Crippen LogP contribution in [-0.4, -0.2) is 5.09 Å². The summed E-state index contributed by atoms with van der Waals surface area (Å²) < 4.78 is 0. The van der Waals surface area contributed by atoms with Crippen LogP contribution in [0.3, 0.4) is 0 Å². The predicted molar refractivity (Wildman–Crippen MR) is 10.4 cm³/mol. The summed E-state index contributed by atoms with van der Waals surface area (Å²) in [5.74, 6) is 0. The molecular weight excluding hydrogens is 121 g/mol. The van der Waals surface area contributed by atoms with Crippen LogP contribution in [0, 0.1) is 15.3 Å². The molecule has 0 amide bonds. The minimum atomic E-state index is -1.75. The van der Waals surface area contributed by atoms with Gasteiger partial charge in [0.1, 0.15) is 0 Å². The molecule has 0 N–H and O–H groups in total. The van der Waals surface area contributed by atoms with Crippen molar-refractivity contribution in [2.24, 2.45) is 0 Å². The van der Waals surface area contributed by atoms with Gasteiger partial charge in [0.15, 0.2) is 0 Å². The van der Waals surface area contributed by atoms with E-state index in [1.807, 2.05) is 0 Å². The van der Waals surface area contributed by atoms with Gasteiger partial charge in [-0.3, -0.25) is 0 Å². The Morgan fingerprint density at radius 3 is 1.40 bits per heavy atom. The SMILES string of the molecule is O=[N+]([O-])[O-].[Ni+2]. The molecule has 0 fully saturated rings. The van der Waals surface area contributed by atoms with Gasteiger partial charge < -0.3 is 15.3 Å². The second kappa shape index (κ2) is 3.69. The number of nitrogens with zero attached hydrogens (tertiary/aromatic N) is 1. The fraction of sp³-hybridized carbons (Fsp3) is 0. The summed E-state index contributed by atoms with van der Waals surface area (Å²) in [4.78, 5) is 8.25. The van der Waals surface area contributed by atoms with Crippen molar-refractivity contribution < 1.29 is 21.6 Å². The van der Waals surface area contributed by atoms with Gasteiger partial charge in [-0.15, -0.1) is 0 Å². The van der Waals surface area contributed by atoms with Gasteiger partial charge in [0, 0.05) is 0 Å². The first-order chi connectivity index (χ1) is 1.73. The van der Waals surface area contributed by atoms with Crippen molar-refractivity contribution in [1.82, 2.24) is 0 Å². The Morgan fingerprint density at radius 2 is 1.40 bits per heavy atom. The molecule has 4 nitrogen and oxygen atoms in total. The molecule has 32 valence electrons. The van der Waals surface area contributed by atoms with Crippen molar-refractivity contribution in [1.29, 1.82) is 0 Å². The Balaban J connectivity index is 0. The molecule has 0 spiro atoms. The van der Waals surface area contributed by atoms with Crippen LogP contribution in [0.15, 0.2) is 0 Å². The van der Waals surface area contributed by atoms with E-state index >= 15 is 0 Å². The zero-order valence-electron chi connectivity index (χ0n) is 1.99. The smallest absolute Gasteiger partial charge is 0.356 e. The van der Waals surface area contributed by atoms with Crippen LogP contribution in [0.25, 0.3) is 0 Å². The molecule has 0 aliphatic carbocycles. The van der Waals surface area contributed by atoms with Gasteiger partial charge in [-0.25, -0.2) is 0 Å². The van der Waals surface area contributed by atoms with E-state index in [-0.39, 0.29) is 16.5 Å². The van der Waals surface area contributed by atoms with Gasteiger partial charge in [0.25, 0.3) is 0 Å². The third kappa shape index (κ3) is 113. The van der Waals surface area contributed by atoms with Crippen LogP contribution in [-0.2, 0) is 16.5 Å². The Kier molecular flexibility index (Phi) is 6.52. The number of hydrogen-bond acceptors (Lipinski definition) is 3. The summed E-state index contributed by atoms with van der Waals surface area (Å²) in [5.41, 5.74) is 0.